The van der Waals surface area contributed by atoms with E-state index in [4.69, 9.17) is 4.98 Å². The zero-order valence-electron chi connectivity index (χ0n) is 15.9. The largest absolute Gasteiger partial charge is 0.348 e. The molecule has 1 aromatic heterocycles. The molecule has 1 amide bonds. The van der Waals surface area contributed by atoms with Gasteiger partial charge in [-0.15, -0.1) is 11.3 Å². The molecule has 1 aliphatic heterocycles. The minimum atomic E-state index is 0.0355. The number of piperidine rings is 1. The van der Waals surface area contributed by atoms with Crippen LogP contribution in [0.4, 0.5) is 10.8 Å². The number of hydrogen-bond donors (Lipinski definition) is 1. The highest BCUT2D eigenvalue weighted by molar-refractivity contribution is 7.14. The van der Waals surface area contributed by atoms with E-state index in [0.29, 0.717) is 6.42 Å². The van der Waals surface area contributed by atoms with Crippen LogP contribution in [-0.2, 0) is 11.2 Å². The predicted octanol–water partition coefficient (Wildman–Crippen LogP) is 5.37. The molecule has 1 saturated heterocycles. The van der Waals surface area contributed by atoms with Crippen LogP contribution < -0.4 is 10.2 Å². The fraction of sp³-hybridized carbons (Fsp3) is 0.304. The highest BCUT2D eigenvalue weighted by Crippen LogP contribution is 2.30. The maximum absolute atomic E-state index is 12.3. The van der Waals surface area contributed by atoms with Crippen LogP contribution in [0.15, 0.2) is 60.0 Å². The molecule has 0 unspecified atom stereocenters. The Kier molecular flexibility index (Phi) is 6.02. The van der Waals surface area contributed by atoms with Gasteiger partial charge in [-0.3, -0.25) is 4.79 Å². The standard InChI is InChI=1S/C23H25N3OS/c27-22(13-12-18-8-3-1-4-9-18)24-20-11-7-10-19(16-20)21-17-28-23(25-21)26-14-5-2-6-15-26/h1,3-4,7-11,16-17H,2,5-6,12-15H2,(H,24,27). The fourth-order valence-corrected chi connectivity index (χ4v) is 4.40. The van der Waals surface area contributed by atoms with E-state index in [1.165, 1.54) is 24.8 Å². The smallest absolute Gasteiger partial charge is 0.224 e. The van der Waals surface area contributed by atoms with E-state index < -0.39 is 0 Å². The van der Waals surface area contributed by atoms with Gasteiger partial charge in [-0.05, 0) is 43.4 Å². The van der Waals surface area contributed by atoms with Gasteiger partial charge in [-0.1, -0.05) is 42.5 Å². The van der Waals surface area contributed by atoms with E-state index in [1.54, 1.807) is 11.3 Å². The quantitative estimate of drug-likeness (QED) is 0.614. The maximum atomic E-state index is 12.3. The summed E-state index contributed by atoms with van der Waals surface area (Å²) in [5.74, 6) is 0.0355. The lowest BCUT2D eigenvalue weighted by atomic mass is 10.1. The van der Waals surface area contributed by atoms with Crippen molar-refractivity contribution in [1.29, 1.82) is 0 Å². The van der Waals surface area contributed by atoms with Gasteiger partial charge in [-0.25, -0.2) is 4.98 Å². The Balaban J connectivity index is 1.39. The van der Waals surface area contributed by atoms with E-state index in [2.05, 4.69) is 33.8 Å². The van der Waals surface area contributed by atoms with E-state index in [-0.39, 0.29) is 5.91 Å². The number of aryl methyl sites for hydroxylation is 1. The SMILES string of the molecule is O=C(CCc1ccccc1)Nc1cccc(-c2csc(N3CCCCC3)n2)c1. The van der Waals surface area contributed by atoms with Gasteiger partial charge in [0.05, 0.1) is 5.69 Å². The van der Waals surface area contributed by atoms with Crippen LogP contribution in [-0.4, -0.2) is 24.0 Å². The number of carbonyl (C=O) groups excluding carboxylic acids is 1. The summed E-state index contributed by atoms with van der Waals surface area (Å²) in [5.41, 5.74) is 4.02. The second kappa shape index (κ2) is 9.02. The molecule has 1 N–H and O–H groups in total. The molecule has 4 nitrogen and oxygen atoms in total. The lowest BCUT2D eigenvalue weighted by molar-refractivity contribution is -0.116. The van der Waals surface area contributed by atoms with Crippen LogP contribution in [0.3, 0.4) is 0 Å². The molecule has 144 valence electrons. The Morgan fingerprint density at radius 2 is 1.86 bits per heavy atom. The first-order valence-electron chi connectivity index (χ1n) is 9.93. The monoisotopic (exact) mass is 391 g/mol. The third-order valence-corrected chi connectivity index (χ3v) is 5.95. The predicted molar refractivity (Wildman–Crippen MR) is 117 cm³/mol. The van der Waals surface area contributed by atoms with Gasteiger partial charge >= 0.3 is 0 Å². The molecule has 0 bridgehead atoms. The summed E-state index contributed by atoms with van der Waals surface area (Å²) >= 11 is 1.70. The molecule has 0 radical (unpaired) electrons. The summed E-state index contributed by atoms with van der Waals surface area (Å²) < 4.78 is 0. The third-order valence-electron chi connectivity index (χ3n) is 5.04. The number of nitrogens with one attached hydrogen (secondary N) is 1. The van der Waals surface area contributed by atoms with Crippen LogP contribution in [0, 0.1) is 0 Å². The number of amides is 1. The van der Waals surface area contributed by atoms with Crippen molar-refractivity contribution in [2.75, 3.05) is 23.3 Å². The molecule has 5 heteroatoms. The molecule has 1 aliphatic rings. The topological polar surface area (TPSA) is 45.2 Å². The number of hydrogen-bond acceptors (Lipinski definition) is 4. The Labute approximate surface area is 170 Å². The lowest BCUT2D eigenvalue weighted by Gasteiger charge is -2.25. The highest BCUT2D eigenvalue weighted by atomic mass is 32.1. The zero-order chi connectivity index (χ0) is 19.2. The van der Waals surface area contributed by atoms with Crippen molar-refractivity contribution >= 4 is 28.1 Å². The first-order valence-corrected chi connectivity index (χ1v) is 10.8. The van der Waals surface area contributed by atoms with Crippen molar-refractivity contribution in [1.82, 2.24) is 4.98 Å². The second-order valence-electron chi connectivity index (χ2n) is 7.18. The van der Waals surface area contributed by atoms with E-state index in [0.717, 1.165) is 41.6 Å². The fourth-order valence-electron chi connectivity index (χ4n) is 3.51. The number of thiazole rings is 1. The van der Waals surface area contributed by atoms with Gasteiger partial charge in [0.25, 0.3) is 0 Å². The van der Waals surface area contributed by atoms with Crippen LogP contribution in [0.25, 0.3) is 11.3 Å². The van der Waals surface area contributed by atoms with Crippen molar-refractivity contribution in [3.63, 3.8) is 0 Å². The van der Waals surface area contributed by atoms with Crippen LogP contribution in [0.5, 0.6) is 0 Å². The molecular weight excluding hydrogens is 366 g/mol. The summed E-state index contributed by atoms with van der Waals surface area (Å²) in [6.07, 6.45) is 5.04. The molecule has 2 heterocycles. The summed E-state index contributed by atoms with van der Waals surface area (Å²) in [5, 5.41) is 6.23. The number of nitrogens with zero attached hydrogens (tertiary/aromatic N) is 2. The summed E-state index contributed by atoms with van der Waals surface area (Å²) in [6.45, 7) is 2.20. The van der Waals surface area contributed by atoms with Gasteiger partial charge in [0, 0.05) is 36.1 Å². The third kappa shape index (κ3) is 4.78. The first kappa shape index (κ1) is 18.7. The van der Waals surface area contributed by atoms with Crippen molar-refractivity contribution in [3.05, 3.63) is 65.5 Å². The molecule has 0 aliphatic carbocycles. The highest BCUT2D eigenvalue weighted by Gasteiger charge is 2.15. The molecule has 2 aromatic carbocycles. The van der Waals surface area contributed by atoms with Gasteiger partial charge in [-0.2, -0.15) is 0 Å². The molecule has 0 saturated carbocycles. The molecule has 0 spiro atoms. The van der Waals surface area contributed by atoms with Crippen molar-refractivity contribution in [2.45, 2.75) is 32.1 Å². The normalized spacial score (nSPS) is 14.1. The number of rotatable bonds is 6. The van der Waals surface area contributed by atoms with E-state index in [1.807, 2.05) is 36.4 Å². The summed E-state index contributed by atoms with van der Waals surface area (Å²) in [7, 11) is 0. The Bertz CT molecular complexity index is 916. The number of benzene rings is 2. The average molecular weight is 392 g/mol. The van der Waals surface area contributed by atoms with Crippen LogP contribution in [0.2, 0.25) is 0 Å². The number of anilines is 2. The Morgan fingerprint density at radius 1 is 1.04 bits per heavy atom. The first-order chi connectivity index (χ1) is 13.8. The molecule has 1 fully saturated rings. The van der Waals surface area contributed by atoms with Crippen LogP contribution >= 0.6 is 11.3 Å². The van der Waals surface area contributed by atoms with Gasteiger partial charge in [0.15, 0.2) is 5.13 Å². The van der Waals surface area contributed by atoms with Gasteiger partial charge in [0.2, 0.25) is 5.91 Å². The lowest BCUT2D eigenvalue weighted by Crippen LogP contribution is -2.29. The van der Waals surface area contributed by atoms with Gasteiger partial charge in [0.1, 0.15) is 0 Å². The maximum Gasteiger partial charge on any atom is 0.224 e. The van der Waals surface area contributed by atoms with Crippen molar-refractivity contribution < 1.29 is 4.79 Å². The zero-order valence-corrected chi connectivity index (χ0v) is 16.8. The molecule has 0 atom stereocenters. The Morgan fingerprint density at radius 3 is 2.68 bits per heavy atom. The van der Waals surface area contributed by atoms with Crippen molar-refractivity contribution in [3.8, 4) is 11.3 Å². The van der Waals surface area contributed by atoms with Crippen LogP contribution in [0.1, 0.15) is 31.2 Å². The molecule has 28 heavy (non-hydrogen) atoms. The van der Waals surface area contributed by atoms with Gasteiger partial charge < -0.3 is 10.2 Å². The number of carbonyl (C=O) groups is 1. The minimum absolute atomic E-state index is 0.0355. The van der Waals surface area contributed by atoms with E-state index in [9.17, 15) is 4.79 Å². The minimum Gasteiger partial charge on any atom is -0.348 e. The summed E-state index contributed by atoms with van der Waals surface area (Å²) in [6, 6.07) is 18.1. The average Bonchev–Trinajstić information content (AvgIpc) is 3.24. The van der Waals surface area contributed by atoms with E-state index >= 15 is 0 Å². The van der Waals surface area contributed by atoms with Crippen molar-refractivity contribution in [2.24, 2.45) is 0 Å². The molecular formula is C23H25N3OS. The molecule has 4 rings (SSSR count). The Hall–Kier alpha value is -2.66. The molecule has 3 aromatic rings. The number of aromatic nitrogens is 1. The summed E-state index contributed by atoms with van der Waals surface area (Å²) in [4.78, 5) is 19.5. The second-order valence-corrected chi connectivity index (χ2v) is 8.01.